The van der Waals surface area contributed by atoms with Crippen LogP contribution in [-0.4, -0.2) is 36.1 Å². The maximum absolute atomic E-state index is 12.7. The number of anilines is 2. The van der Waals surface area contributed by atoms with E-state index >= 15 is 0 Å². The number of aryl methyl sites for hydroxylation is 2. The number of nitrogens with one attached hydrogen (secondary N) is 1. The molecule has 0 aliphatic carbocycles. The van der Waals surface area contributed by atoms with E-state index in [4.69, 9.17) is 4.74 Å². The number of amides is 1. The number of piperidine rings is 1. The van der Waals surface area contributed by atoms with Crippen molar-refractivity contribution in [1.29, 1.82) is 0 Å². The van der Waals surface area contributed by atoms with Crippen LogP contribution < -0.4 is 15.0 Å². The Hall–Kier alpha value is -2.63. The predicted octanol–water partition coefficient (Wildman–Crippen LogP) is 2.96. The largest absolute Gasteiger partial charge is 0.497 e. The fraction of sp³-hybridized carbons (Fsp3) is 0.421. The van der Waals surface area contributed by atoms with Crippen LogP contribution in [0.25, 0.3) is 0 Å². The van der Waals surface area contributed by atoms with Crippen molar-refractivity contribution in [2.75, 3.05) is 30.4 Å². The summed E-state index contributed by atoms with van der Waals surface area (Å²) >= 11 is 0. The number of ether oxygens (including phenoxy) is 1. The first-order valence-electron chi connectivity index (χ1n) is 8.57. The molecule has 1 unspecified atom stereocenters. The molecule has 1 amide bonds. The highest BCUT2D eigenvalue weighted by Gasteiger charge is 2.27. The van der Waals surface area contributed by atoms with Gasteiger partial charge in [0.2, 0.25) is 11.9 Å². The van der Waals surface area contributed by atoms with Crippen molar-refractivity contribution < 1.29 is 9.53 Å². The fourth-order valence-electron chi connectivity index (χ4n) is 3.17. The third kappa shape index (κ3) is 4.26. The van der Waals surface area contributed by atoms with Crippen molar-refractivity contribution in [2.24, 2.45) is 5.92 Å². The quantitative estimate of drug-likeness (QED) is 0.927. The van der Waals surface area contributed by atoms with Gasteiger partial charge in [0.25, 0.3) is 0 Å². The van der Waals surface area contributed by atoms with E-state index in [9.17, 15) is 4.79 Å². The molecule has 1 aromatic carbocycles. The van der Waals surface area contributed by atoms with Gasteiger partial charge in [0.15, 0.2) is 0 Å². The number of methoxy groups -OCH3 is 1. The lowest BCUT2D eigenvalue weighted by Crippen LogP contribution is -2.41. The van der Waals surface area contributed by atoms with Gasteiger partial charge in [-0.1, -0.05) is 6.07 Å². The zero-order valence-electron chi connectivity index (χ0n) is 15.0. The molecular formula is C19H24N4O2. The second-order valence-electron chi connectivity index (χ2n) is 6.46. The summed E-state index contributed by atoms with van der Waals surface area (Å²) < 4.78 is 5.20. The Morgan fingerprint density at radius 1 is 1.24 bits per heavy atom. The number of rotatable bonds is 4. The first-order valence-corrected chi connectivity index (χ1v) is 8.57. The minimum Gasteiger partial charge on any atom is -0.497 e. The molecule has 6 heteroatoms. The zero-order chi connectivity index (χ0) is 17.8. The molecule has 0 saturated carbocycles. The van der Waals surface area contributed by atoms with Crippen molar-refractivity contribution >= 4 is 17.5 Å². The number of benzene rings is 1. The molecule has 2 aromatic rings. The molecule has 2 heterocycles. The van der Waals surface area contributed by atoms with Crippen LogP contribution in [0.3, 0.4) is 0 Å². The first-order chi connectivity index (χ1) is 12.0. The van der Waals surface area contributed by atoms with Crippen LogP contribution in [0.15, 0.2) is 30.3 Å². The van der Waals surface area contributed by atoms with Crippen molar-refractivity contribution in [3.8, 4) is 5.75 Å². The molecule has 1 aliphatic heterocycles. The van der Waals surface area contributed by atoms with Crippen LogP contribution in [0.2, 0.25) is 0 Å². The number of carbonyl (C=O) groups is 1. The van der Waals surface area contributed by atoms with E-state index in [-0.39, 0.29) is 11.8 Å². The Morgan fingerprint density at radius 3 is 2.72 bits per heavy atom. The average Bonchev–Trinajstić information content (AvgIpc) is 2.61. The topological polar surface area (TPSA) is 67.3 Å². The van der Waals surface area contributed by atoms with E-state index in [1.165, 1.54) is 0 Å². The van der Waals surface area contributed by atoms with Gasteiger partial charge in [-0.3, -0.25) is 4.79 Å². The summed E-state index contributed by atoms with van der Waals surface area (Å²) in [7, 11) is 1.61. The number of hydrogen-bond donors (Lipinski definition) is 1. The summed E-state index contributed by atoms with van der Waals surface area (Å²) in [5.74, 6) is 1.40. The standard InChI is InChI=1S/C19H24N4O2/c1-13-10-14(2)21-19(20-13)23-9-5-6-15(12-23)18(24)22-16-7-4-8-17(11-16)25-3/h4,7-8,10-11,15H,5-6,9,12H2,1-3H3,(H,22,24). The molecule has 3 rings (SSSR count). The van der Waals surface area contributed by atoms with E-state index in [0.717, 1.165) is 48.2 Å². The molecule has 0 radical (unpaired) electrons. The average molecular weight is 340 g/mol. The van der Waals surface area contributed by atoms with Crippen molar-refractivity contribution in [3.05, 3.63) is 41.7 Å². The molecule has 6 nitrogen and oxygen atoms in total. The van der Waals surface area contributed by atoms with Crippen LogP contribution in [0, 0.1) is 19.8 Å². The Labute approximate surface area is 148 Å². The van der Waals surface area contributed by atoms with Gasteiger partial charge in [-0.2, -0.15) is 0 Å². The van der Waals surface area contributed by atoms with Crippen molar-refractivity contribution in [3.63, 3.8) is 0 Å². The molecule has 1 saturated heterocycles. The Bertz CT molecular complexity index is 743. The van der Waals surface area contributed by atoms with Crippen molar-refractivity contribution in [1.82, 2.24) is 9.97 Å². The lowest BCUT2D eigenvalue weighted by molar-refractivity contribution is -0.120. The van der Waals surface area contributed by atoms with Crippen LogP contribution in [0.5, 0.6) is 5.75 Å². The highest BCUT2D eigenvalue weighted by Crippen LogP contribution is 2.23. The lowest BCUT2D eigenvalue weighted by Gasteiger charge is -2.32. The minimum atomic E-state index is -0.0793. The van der Waals surface area contributed by atoms with E-state index in [0.29, 0.717) is 6.54 Å². The predicted molar refractivity (Wildman–Crippen MR) is 98.1 cm³/mol. The second kappa shape index (κ2) is 7.51. The van der Waals surface area contributed by atoms with Crippen molar-refractivity contribution in [2.45, 2.75) is 26.7 Å². The maximum atomic E-state index is 12.7. The molecule has 1 aromatic heterocycles. The van der Waals surface area contributed by atoms with Gasteiger partial charge in [0.05, 0.1) is 13.0 Å². The fourth-order valence-corrected chi connectivity index (χ4v) is 3.17. The summed E-state index contributed by atoms with van der Waals surface area (Å²) in [5.41, 5.74) is 2.65. The molecule has 1 N–H and O–H groups in total. The number of nitrogens with zero attached hydrogens (tertiary/aromatic N) is 3. The Kier molecular flexibility index (Phi) is 5.16. The van der Waals surface area contributed by atoms with E-state index in [1.807, 2.05) is 44.2 Å². The van der Waals surface area contributed by atoms with Gasteiger partial charge < -0.3 is 15.0 Å². The first kappa shape index (κ1) is 17.2. The third-order valence-corrected chi connectivity index (χ3v) is 4.38. The summed E-state index contributed by atoms with van der Waals surface area (Å²) in [6.07, 6.45) is 1.82. The monoisotopic (exact) mass is 340 g/mol. The minimum absolute atomic E-state index is 0.0299. The lowest BCUT2D eigenvalue weighted by atomic mass is 9.97. The smallest absolute Gasteiger partial charge is 0.229 e. The Balaban J connectivity index is 1.68. The van der Waals surface area contributed by atoms with Gasteiger partial charge in [-0.05, 0) is 44.9 Å². The molecule has 0 spiro atoms. The maximum Gasteiger partial charge on any atom is 0.229 e. The molecule has 1 aliphatic rings. The van der Waals surface area contributed by atoms with Crippen LogP contribution in [-0.2, 0) is 4.79 Å². The molecule has 25 heavy (non-hydrogen) atoms. The number of aromatic nitrogens is 2. The summed E-state index contributed by atoms with van der Waals surface area (Å²) in [6, 6.07) is 9.38. The molecule has 0 bridgehead atoms. The molecule has 132 valence electrons. The van der Waals surface area contributed by atoms with Gasteiger partial charge in [-0.15, -0.1) is 0 Å². The van der Waals surface area contributed by atoms with Gasteiger partial charge >= 0.3 is 0 Å². The highest BCUT2D eigenvalue weighted by molar-refractivity contribution is 5.93. The number of hydrogen-bond acceptors (Lipinski definition) is 5. The molecule has 1 atom stereocenters. The molecule has 1 fully saturated rings. The van der Waals surface area contributed by atoms with Crippen LogP contribution in [0.4, 0.5) is 11.6 Å². The molecular weight excluding hydrogens is 316 g/mol. The van der Waals surface area contributed by atoms with Gasteiger partial charge in [-0.25, -0.2) is 9.97 Å². The van der Waals surface area contributed by atoms with E-state index in [1.54, 1.807) is 7.11 Å². The van der Waals surface area contributed by atoms with E-state index < -0.39 is 0 Å². The summed E-state index contributed by atoms with van der Waals surface area (Å²) in [6.45, 7) is 5.45. The SMILES string of the molecule is COc1cccc(NC(=O)C2CCCN(c3nc(C)cc(C)n3)C2)c1. The normalized spacial score (nSPS) is 17.2. The van der Waals surface area contributed by atoms with Gasteiger partial charge in [0.1, 0.15) is 5.75 Å². The zero-order valence-corrected chi connectivity index (χ0v) is 15.0. The summed E-state index contributed by atoms with van der Waals surface area (Å²) in [4.78, 5) is 23.8. The van der Waals surface area contributed by atoms with Crippen LogP contribution >= 0.6 is 0 Å². The second-order valence-corrected chi connectivity index (χ2v) is 6.46. The third-order valence-electron chi connectivity index (χ3n) is 4.38. The Morgan fingerprint density at radius 2 is 2.00 bits per heavy atom. The highest BCUT2D eigenvalue weighted by atomic mass is 16.5. The summed E-state index contributed by atoms with van der Waals surface area (Å²) in [5, 5.41) is 2.99. The van der Waals surface area contributed by atoms with E-state index in [2.05, 4.69) is 20.2 Å². The van der Waals surface area contributed by atoms with Gasteiger partial charge in [0, 0.05) is 36.2 Å². The number of carbonyl (C=O) groups excluding carboxylic acids is 1. The van der Waals surface area contributed by atoms with Crippen LogP contribution in [0.1, 0.15) is 24.2 Å².